The largest absolute Gasteiger partial charge is 0.436 e. The van der Waals surface area contributed by atoms with Crippen LogP contribution in [0.4, 0.5) is 13.2 Å². The minimum atomic E-state index is -4.50. The van der Waals surface area contributed by atoms with Crippen LogP contribution >= 0.6 is 11.3 Å². The maximum atomic E-state index is 13.8. The maximum absolute atomic E-state index is 13.8. The van der Waals surface area contributed by atoms with Crippen molar-refractivity contribution in [3.05, 3.63) is 35.2 Å². The van der Waals surface area contributed by atoms with E-state index in [0.29, 0.717) is 12.3 Å². The van der Waals surface area contributed by atoms with Gasteiger partial charge in [-0.15, -0.1) is 11.3 Å². The van der Waals surface area contributed by atoms with Gasteiger partial charge in [0.1, 0.15) is 0 Å². The van der Waals surface area contributed by atoms with Crippen molar-refractivity contribution in [1.29, 1.82) is 0 Å². The number of hydrogen-bond donors (Lipinski definition) is 1. The molecule has 0 radical (unpaired) electrons. The molecule has 1 aromatic carbocycles. The molecule has 1 aromatic heterocycles. The van der Waals surface area contributed by atoms with Gasteiger partial charge in [-0.1, -0.05) is 32.0 Å². The predicted molar refractivity (Wildman–Crippen MR) is 81.9 cm³/mol. The van der Waals surface area contributed by atoms with E-state index in [-0.39, 0.29) is 17.5 Å². The molecule has 1 N–H and O–H groups in total. The van der Waals surface area contributed by atoms with Gasteiger partial charge in [-0.05, 0) is 29.9 Å². The van der Waals surface area contributed by atoms with E-state index in [9.17, 15) is 13.2 Å². The third kappa shape index (κ3) is 2.64. The Labute approximate surface area is 131 Å². The second-order valence-corrected chi connectivity index (χ2v) is 7.19. The first-order valence-corrected chi connectivity index (χ1v) is 8.11. The standard InChI is InChI=1S/C16H18F3NOS/c1-10(2)7-12-9-21-15(20-12,16(17,18)19)14-8-11-5-3-4-6-13(11)22-14/h3-6,8,10,12,20H,7,9H2,1-2H3/t12-,15?/m0/s1. The number of hydrogen-bond acceptors (Lipinski definition) is 3. The van der Waals surface area contributed by atoms with Gasteiger partial charge in [0.15, 0.2) is 0 Å². The van der Waals surface area contributed by atoms with Gasteiger partial charge in [0.05, 0.1) is 11.5 Å². The Morgan fingerprint density at radius 3 is 2.73 bits per heavy atom. The number of fused-ring (bicyclic) bond motifs is 1. The zero-order chi connectivity index (χ0) is 16.0. The number of rotatable bonds is 3. The SMILES string of the molecule is CC(C)C[C@H]1COC(c2cc3ccccc3s2)(C(F)(F)F)N1. The molecule has 0 bridgehead atoms. The van der Waals surface area contributed by atoms with Crippen LogP contribution in [0.5, 0.6) is 0 Å². The highest BCUT2D eigenvalue weighted by Crippen LogP contribution is 2.47. The molecule has 1 aliphatic rings. The topological polar surface area (TPSA) is 21.3 Å². The van der Waals surface area contributed by atoms with Crippen molar-refractivity contribution >= 4 is 21.4 Å². The van der Waals surface area contributed by atoms with E-state index in [0.717, 1.165) is 21.4 Å². The molecule has 1 saturated heterocycles. The van der Waals surface area contributed by atoms with Gasteiger partial charge in [-0.25, -0.2) is 0 Å². The van der Waals surface area contributed by atoms with Gasteiger partial charge in [0.25, 0.3) is 5.72 Å². The molecule has 120 valence electrons. The lowest BCUT2D eigenvalue weighted by atomic mass is 10.0. The third-order valence-corrected chi connectivity index (χ3v) is 5.05. The van der Waals surface area contributed by atoms with Crippen LogP contribution in [-0.4, -0.2) is 18.8 Å². The minimum absolute atomic E-state index is 0.0753. The van der Waals surface area contributed by atoms with E-state index in [2.05, 4.69) is 5.32 Å². The second-order valence-electron chi connectivity index (χ2n) is 6.11. The summed E-state index contributed by atoms with van der Waals surface area (Å²) in [6.45, 7) is 4.06. The Hall–Kier alpha value is -1.11. The zero-order valence-corrected chi connectivity index (χ0v) is 13.2. The molecule has 22 heavy (non-hydrogen) atoms. The summed E-state index contributed by atoms with van der Waals surface area (Å²) < 4.78 is 47.4. The third-order valence-electron chi connectivity index (χ3n) is 3.84. The van der Waals surface area contributed by atoms with Crippen LogP contribution in [0.3, 0.4) is 0 Å². The maximum Gasteiger partial charge on any atom is 0.436 e. The van der Waals surface area contributed by atoms with Crippen molar-refractivity contribution in [3.8, 4) is 0 Å². The summed E-state index contributed by atoms with van der Waals surface area (Å²) in [4.78, 5) is 0.174. The van der Waals surface area contributed by atoms with Crippen LogP contribution in [0.1, 0.15) is 25.1 Å². The van der Waals surface area contributed by atoms with Gasteiger partial charge in [-0.2, -0.15) is 13.2 Å². The van der Waals surface area contributed by atoms with E-state index in [1.165, 1.54) is 0 Å². The van der Waals surface area contributed by atoms with Crippen molar-refractivity contribution in [2.24, 2.45) is 5.92 Å². The average molecular weight is 329 g/mol. The lowest BCUT2D eigenvalue weighted by Crippen LogP contribution is -2.52. The van der Waals surface area contributed by atoms with E-state index >= 15 is 0 Å². The number of thiophene rings is 1. The normalized spacial score (nSPS) is 26.2. The highest BCUT2D eigenvalue weighted by Gasteiger charge is 2.62. The Bertz CT molecular complexity index is 634. The van der Waals surface area contributed by atoms with Gasteiger partial charge < -0.3 is 4.74 Å². The van der Waals surface area contributed by atoms with Crippen molar-refractivity contribution in [2.45, 2.75) is 38.2 Å². The van der Waals surface area contributed by atoms with Crippen LogP contribution in [0.25, 0.3) is 10.1 Å². The number of alkyl halides is 3. The quantitative estimate of drug-likeness (QED) is 0.885. The average Bonchev–Trinajstić information content (AvgIpc) is 3.01. The van der Waals surface area contributed by atoms with Crippen LogP contribution in [0.2, 0.25) is 0 Å². The molecule has 3 rings (SSSR count). The monoisotopic (exact) mass is 329 g/mol. The van der Waals surface area contributed by atoms with Gasteiger partial charge >= 0.3 is 6.18 Å². The van der Waals surface area contributed by atoms with Crippen molar-refractivity contribution < 1.29 is 17.9 Å². The fraction of sp³-hybridized carbons (Fsp3) is 0.500. The smallest absolute Gasteiger partial charge is 0.346 e. The molecule has 2 aromatic rings. The summed E-state index contributed by atoms with van der Waals surface area (Å²) in [5.74, 6) is 0.313. The fourth-order valence-electron chi connectivity index (χ4n) is 2.89. The van der Waals surface area contributed by atoms with E-state index < -0.39 is 11.9 Å². The first-order valence-electron chi connectivity index (χ1n) is 7.29. The van der Waals surface area contributed by atoms with Crippen LogP contribution in [0.15, 0.2) is 30.3 Å². The highest BCUT2D eigenvalue weighted by atomic mass is 32.1. The number of ether oxygens (including phenoxy) is 1. The van der Waals surface area contributed by atoms with Crippen LogP contribution in [-0.2, 0) is 10.5 Å². The summed E-state index contributed by atoms with van der Waals surface area (Å²) >= 11 is 1.13. The second kappa shape index (κ2) is 5.51. The summed E-state index contributed by atoms with van der Waals surface area (Å²) in [6, 6.07) is 8.59. The fourth-order valence-corrected chi connectivity index (χ4v) is 4.08. The lowest BCUT2D eigenvalue weighted by Gasteiger charge is -2.30. The number of benzene rings is 1. The molecular formula is C16H18F3NOS. The molecule has 0 spiro atoms. The Morgan fingerprint density at radius 2 is 2.09 bits per heavy atom. The molecule has 2 atom stereocenters. The molecule has 2 heterocycles. The summed E-state index contributed by atoms with van der Waals surface area (Å²) in [5, 5.41) is 3.53. The molecule has 1 aliphatic heterocycles. The summed E-state index contributed by atoms with van der Waals surface area (Å²) in [5.41, 5.74) is -2.38. The Kier molecular flexibility index (Phi) is 3.95. The number of nitrogens with one attached hydrogen (secondary N) is 1. The molecule has 1 fully saturated rings. The van der Waals surface area contributed by atoms with E-state index in [1.807, 2.05) is 38.1 Å². The van der Waals surface area contributed by atoms with Gasteiger partial charge in [-0.3, -0.25) is 5.32 Å². The highest BCUT2D eigenvalue weighted by molar-refractivity contribution is 7.19. The zero-order valence-electron chi connectivity index (χ0n) is 12.4. The van der Waals surface area contributed by atoms with Crippen molar-refractivity contribution in [1.82, 2.24) is 5.32 Å². The van der Waals surface area contributed by atoms with Crippen LogP contribution < -0.4 is 5.32 Å². The number of halogens is 3. The van der Waals surface area contributed by atoms with Gasteiger partial charge in [0.2, 0.25) is 0 Å². The van der Waals surface area contributed by atoms with Crippen molar-refractivity contribution in [3.63, 3.8) is 0 Å². The van der Waals surface area contributed by atoms with E-state index in [1.54, 1.807) is 6.07 Å². The minimum Gasteiger partial charge on any atom is -0.346 e. The molecule has 0 aliphatic carbocycles. The predicted octanol–water partition coefficient (Wildman–Crippen LogP) is 4.65. The Morgan fingerprint density at radius 1 is 1.36 bits per heavy atom. The summed E-state index contributed by atoms with van der Waals surface area (Å²) in [7, 11) is 0. The van der Waals surface area contributed by atoms with Crippen molar-refractivity contribution in [2.75, 3.05) is 6.61 Å². The summed E-state index contributed by atoms with van der Waals surface area (Å²) in [6.07, 6.45) is -3.84. The van der Waals surface area contributed by atoms with Crippen LogP contribution in [0, 0.1) is 5.92 Å². The molecule has 6 heteroatoms. The molecule has 0 saturated carbocycles. The molecule has 2 nitrogen and oxygen atoms in total. The molecular weight excluding hydrogens is 311 g/mol. The lowest BCUT2D eigenvalue weighted by molar-refractivity contribution is -0.276. The first kappa shape index (κ1) is 15.8. The molecule has 1 unspecified atom stereocenters. The Balaban J connectivity index is 2.00. The van der Waals surface area contributed by atoms with E-state index in [4.69, 9.17) is 4.74 Å². The first-order chi connectivity index (χ1) is 10.3. The van der Waals surface area contributed by atoms with Gasteiger partial charge in [0, 0.05) is 10.7 Å². The molecule has 0 amide bonds.